The number of furan rings is 1. The van der Waals surface area contributed by atoms with Crippen molar-refractivity contribution in [3.05, 3.63) is 35.1 Å². The molecule has 5 heteroatoms. The Bertz CT molecular complexity index is 528. The molecule has 0 bridgehead atoms. The van der Waals surface area contributed by atoms with Crippen LogP contribution in [-0.2, 0) is 0 Å². The van der Waals surface area contributed by atoms with Crippen LogP contribution in [0.4, 0.5) is 0 Å². The molecule has 2 aromatic rings. The van der Waals surface area contributed by atoms with Crippen molar-refractivity contribution in [1.29, 1.82) is 0 Å². The Hall–Kier alpha value is -1.20. The molecule has 19 heavy (non-hydrogen) atoms. The Balaban J connectivity index is 2.23. The molecule has 0 aliphatic heterocycles. The zero-order valence-corrected chi connectivity index (χ0v) is 12.6. The number of hydrogen-bond donors (Lipinski definition) is 1. The van der Waals surface area contributed by atoms with Gasteiger partial charge in [-0.1, -0.05) is 18.7 Å². The average Bonchev–Trinajstić information content (AvgIpc) is 2.93. The highest BCUT2D eigenvalue weighted by Crippen LogP contribution is 2.38. The molecule has 2 atom stereocenters. The lowest BCUT2D eigenvalue weighted by Crippen LogP contribution is -2.25. The topological polar surface area (TPSA) is 65.2 Å². The van der Waals surface area contributed by atoms with E-state index in [1.165, 1.54) is 11.8 Å². The van der Waals surface area contributed by atoms with Crippen LogP contribution in [0.25, 0.3) is 0 Å². The lowest BCUT2D eigenvalue weighted by Gasteiger charge is -2.18. The van der Waals surface area contributed by atoms with Gasteiger partial charge in [-0.15, -0.1) is 0 Å². The number of hydrogen-bond acceptors (Lipinski definition) is 5. The number of aryl methyl sites for hydroxylation is 3. The summed E-state index contributed by atoms with van der Waals surface area (Å²) in [6, 6.07) is 3.94. The third kappa shape index (κ3) is 3.22. The predicted octanol–water partition coefficient (Wildman–Crippen LogP) is 3.76. The number of nitrogens with two attached hydrogens (primary N) is 1. The summed E-state index contributed by atoms with van der Waals surface area (Å²) >= 11 is 1.53. The van der Waals surface area contributed by atoms with E-state index >= 15 is 0 Å². The van der Waals surface area contributed by atoms with Crippen molar-refractivity contribution >= 4 is 11.8 Å². The van der Waals surface area contributed by atoms with Gasteiger partial charge in [0.25, 0.3) is 5.22 Å². The molecule has 2 aromatic heterocycles. The van der Waals surface area contributed by atoms with Gasteiger partial charge in [-0.05, 0) is 39.3 Å². The quantitative estimate of drug-likeness (QED) is 0.845. The van der Waals surface area contributed by atoms with Gasteiger partial charge in [0.2, 0.25) is 0 Å². The highest BCUT2D eigenvalue weighted by atomic mass is 32.2. The van der Waals surface area contributed by atoms with Gasteiger partial charge in [0.05, 0.1) is 10.9 Å². The van der Waals surface area contributed by atoms with Crippen LogP contribution in [0.1, 0.15) is 41.6 Å². The largest absolute Gasteiger partial charge is 0.465 e. The average molecular weight is 280 g/mol. The molecule has 104 valence electrons. The maximum atomic E-state index is 6.20. The summed E-state index contributed by atoms with van der Waals surface area (Å²) in [6.07, 6.45) is 0.871. The molecule has 2 N–H and O–H groups in total. The molecule has 0 fully saturated rings. The number of aromatic nitrogens is 1. The first kappa shape index (κ1) is 14.2. The molecule has 2 heterocycles. The Labute approximate surface area is 117 Å². The van der Waals surface area contributed by atoms with Crippen LogP contribution in [0.2, 0.25) is 0 Å². The molecular weight excluding hydrogens is 260 g/mol. The standard InChI is InChI=1S/C14H20N2O2S/c1-5-11(15)13(12-7-6-8(2)17-12)19-14-16-9(3)10(4)18-14/h6-7,11,13H,5,15H2,1-4H3. The minimum Gasteiger partial charge on any atom is -0.465 e. The highest BCUT2D eigenvalue weighted by molar-refractivity contribution is 7.99. The lowest BCUT2D eigenvalue weighted by atomic mass is 10.1. The van der Waals surface area contributed by atoms with Crippen LogP contribution in [-0.4, -0.2) is 11.0 Å². The minimum atomic E-state index is 0.00284. The van der Waals surface area contributed by atoms with Crippen molar-refractivity contribution in [2.45, 2.75) is 50.6 Å². The van der Waals surface area contributed by atoms with Crippen LogP contribution >= 0.6 is 11.8 Å². The maximum Gasteiger partial charge on any atom is 0.256 e. The van der Waals surface area contributed by atoms with E-state index in [9.17, 15) is 0 Å². The van der Waals surface area contributed by atoms with E-state index in [0.717, 1.165) is 29.4 Å². The third-order valence-electron chi connectivity index (χ3n) is 3.14. The fraction of sp³-hybridized carbons (Fsp3) is 0.500. The number of nitrogens with zero attached hydrogens (tertiary/aromatic N) is 1. The zero-order chi connectivity index (χ0) is 14.0. The van der Waals surface area contributed by atoms with Crippen LogP contribution in [0, 0.1) is 20.8 Å². The summed E-state index contributed by atoms with van der Waals surface area (Å²) in [5.41, 5.74) is 7.12. The first-order valence-electron chi connectivity index (χ1n) is 6.43. The summed E-state index contributed by atoms with van der Waals surface area (Å²) in [6.45, 7) is 7.86. The SMILES string of the molecule is CCC(N)C(Sc1nc(C)c(C)o1)c1ccc(C)o1. The Kier molecular flexibility index (Phi) is 4.37. The van der Waals surface area contributed by atoms with Crippen LogP contribution < -0.4 is 5.73 Å². The van der Waals surface area contributed by atoms with Crippen LogP contribution in [0.5, 0.6) is 0 Å². The molecule has 0 saturated carbocycles. The molecule has 2 rings (SSSR count). The Morgan fingerprint density at radius 2 is 2.00 bits per heavy atom. The highest BCUT2D eigenvalue weighted by Gasteiger charge is 2.25. The van der Waals surface area contributed by atoms with Gasteiger partial charge in [-0.25, -0.2) is 4.98 Å². The monoisotopic (exact) mass is 280 g/mol. The van der Waals surface area contributed by atoms with Gasteiger partial charge in [-0.3, -0.25) is 0 Å². The van der Waals surface area contributed by atoms with E-state index in [2.05, 4.69) is 11.9 Å². The third-order valence-corrected chi connectivity index (χ3v) is 4.35. The van der Waals surface area contributed by atoms with E-state index in [0.29, 0.717) is 5.22 Å². The van der Waals surface area contributed by atoms with E-state index < -0.39 is 0 Å². The van der Waals surface area contributed by atoms with Gasteiger partial charge in [-0.2, -0.15) is 0 Å². The lowest BCUT2D eigenvalue weighted by molar-refractivity contribution is 0.422. The van der Waals surface area contributed by atoms with Gasteiger partial charge >= 0.3 is 0 Å². The van der Waals surface area contributed by atoms with E-state index in [1.807, 2.05) is 32.9 Å². The molecule has 0 aliphatic rings. The molecule has 0 amide bonds. The van der Waals surface area contributed by atoms with Crippen molar-refractivity contribution in [2.75, 3.05) is 0 Å². The van der Waals surface area contributed by atoms with Crippen molar-refractivity contribution in [3.63, 3.8) is 0 Å². The van der Waals surface area contributed by atoms with Crippen LogP contribution in [0.15, 0.2) is 26.2 Å². The molecule has 2 unspecified atom stereocenters. The van der Waals surface area contributed by atoms with Gasteiger partial charge in [0, 0.05) is 6.04 Å². The van der Waals surface area contributed by atoms with E-state index in [1.54, 1.807) is 0 Å². The predicted molar refractivity (Wildman–Crippen MR) is 76.3 cm³/mol. The summed E-state index contributed by atoms with van der Waals surface area (Å²) in [4.78, 5) is 4.40. The fourth-order valence-electron chi connectivity index (χ4n) is 1.78. The second-order valence-corrected chi connectivity index (χ2v) is 5.77. The molecular formula is C14H20N2O2S. The van der Waals surface area contributed by atoms with Gasteiger partial charge < -0.3 is 14.6 Å². The first-order chi connectivity index (χ1) is 9.01. The van der Waals surface area contributed by atoms with Crippen molar-refractivity contribution in [2.24, 2.45) is 5.73 Å². The van der Waals surface area contributed by atoms with Crippen molar-refractivity contribution in [1.82, 2.24) is 4.98 Å². The van der Waals surface area contributed by atoms with Crippen molar-refractivity contribution in [3.8, 4) is 0 Å². The Morgan fingerprint density at radius 1 is 1.26 bits per heavy atom. The maximum absolute atomic E-state index is 6.20. The Morgan fingerprint density at radius 3 is 2.47 bits per heavy atom. The normalized spacial score (nSPS) is 14.6. The molecule has 0 saturated heterocycles. The van der Waals surface area contributed by atoms with Gasteiger partial charge in [0.1, 0.15) is 17.3 Å². The first-order valence-corrected chi connectivity index (χ1v) is 7.31. The molecule has 0 radical (unpaired) electrons. The molecule has 0 aromatic carbocycles. The van der Waals surface area contributed by atoms with Crippen LogP contribution in [0.3, 0.4) is 0 Å². The number of oxazole rings is 1. The molecule has 0 aliphatic carbocycles. The smallest absolute Gasteiger partial charge is 0.256 e. The minimum absolute atomic E-state index is 0.00284. The number of rotatable bonds is 5. The molecule has 0 spiro atoms. The molecule has 4 nitrogen and oxygen atoms in total. The summed E-state index contributed by atoms with van der Waals surface area (Å²) in [5, 5.41) is 0.675. The van der Waals surface area contributed by atoms with E-state index in [-0.39, 0.29) is 11.3 Å². The van der Waals surface area contributed by atoms with Crippen molar-refractivity contribution < 1.29 is 8.83 Å². The van der Waals surface area contributed by atoms with Gasteiger partial charge in [0.15, 0.2) is 0 Å². The summed E-state index contributed by atoms with van der Waals surface area (Å²) in [7, 11) is 0. The second kappa shape index (κ2) is 5.84. The second-order valence-electron chi connectivity index (χ2n) is 4.68. The summed E-state index contributed by atoms with van der Waals surface area (Å²) < 4.78 is 11.3. The summed E-state index contributed by atoms with van der Waals surface area (Å²) in [5.74, 6) is 2.62. The number of thioether (sulfide) groups is 1. The fourth-order valence-corrected chi connectivity index (χ4v) is 2.97. The zero-order valence-electron chi connectivity index (χ0n) is 11.8. The van der Waals surface area contributed by atoms with E-state index in [4.69, 9.17) is 14.6 Å².